The number of hydrogen-bond donors (Lipinski definition) is 3. The first-order valence-corrected chi connectivity index (χ1v) is 11.3. The van der Waals surface area contributed by atoms with Gasteiger partial charge in [0.15, 0.2) is 5.65 Å². The minimum absolute atomic E-state index is 0.0585. The predicted molar refractivity (Wildman–Crippen MR) is 129 cm³/mol. The van der Waals surface area contributed by atoms with Crippen molar-refractivity contribution in [2.75, 3.05) is 18.4 Å². The molecule has 0 radical (unpaired) electrons. The number of pyridine rings is 1. The standard InChI is InChI=1S/C24H20BrFN6O/c25-20-4-2-1-3-18(20)19-11-14-12-28-24(30-16-7-5-15(26)6-8-16)32-22(14)31-21(19)23(33)29-17-9-10-27-13-17/h1-8,11-12,17,27H,9-10,13H2,(H,29,33)(H,28,30,31,32)/t17-/m1/s1. The lowest BCUT2D eigenvalue weighted by Gasteiger charge is -2.15. The third-order valence-corrected chi connectivity index (χ3v) is 6.14. The summed E-state index contributed by atoms with van der Waals surface area (Å²) in [6.07, 6.45) is 2.53. The van der Waals surface area contributed by atoms with Crippen molar-refractivity contribution in [1.29, 1.82) is 0 Å². The molecule has 0 spiro atoms. The molecule has 3 N–H and O–H groups in total. The highest BCUT2D eigenvalue weighted by Crippen LogP contribution is 2.32. The quantitative estimate of drug-likeness (QED) is 0.370. The van der Waals surface area contributed by atoms with Crippen LogP contribution in [0.4, 0.5) is 16.0 Å². The summed E-state index contributed by atoms with van der Waals surface area (Å²) in [6, 6.07) is 15.5. The predicted octanol–water partition coefficient (Wildman–Crippen LogP) is 4.43. The van der Waals surface area contributed by atoms with Crippen molar-refractivity contribution in [3.63, 3.8) is 0 Å². The van der Waals surface area contributed by atoms with Crippen LogP contribution in [0, 0.1) is 5.82 Å². The molecule has 9 heteroatoms. The minimum Gasteiger partial charge on any atom is -0.347 e. The van der Waals surface area contributed by atoms with Gasteiger partial charge < -0.3 is 16.0 Å². The molecular formula is C24H20BrFN6O. The first kappa shape index (κ1) is 21.4. The number of nitrogens with one attached hydrogen (secondary N) is 3. The summed E-state index contributed by atoms with van der Waals surface area (Å²) >= 11 is 3.58. The van der Waals surface area contributed by atoms with Gasteiger partial charge in [0.2, 0.25) is 5.95 Å². The van der Waals surface area contributed by atoms with Crippen LogP contribution in [-0.4, -0.2) is 40.0 Å². The van der Waals surface area contributed by atoms with E-state index in [9.17, 15) is 9.18 Å². The fourth-order valence-corrected chi connectivity index (χ4v) is 4.27. The van der Waals surface area contributed by atoms with Crippen LogP contribution < -0.4 is 16.0 Å². The molecule has 1 amide bonds. The molecule has 7 nitrogen and oxygen atoms in total. The second kappa shape index (κ2) is 9.21. The zero-order chi connectivity index (χ0) is 22.8. The molecule has 1 aliphatic heterocycles. The third-order valence-electron chi connectivity index (χ3n) is 5.44. The number of anilines is 2. The molecule has 0 aliphatic carbocycles. The Balaban J connectivity index is 1.56. The van der Waals surface area contributed by atoms with Crippen molar-refractivity contribution >= 4 is 44.5 Å². The number of carbonyl (C=O) groups is 1. The average Bonchev–Trinajstić information content (AvgIpc) is 3.33. The van der Waals surface area contributed by atoms with Crippen molar-refractivity contribution in [3.05, 3.63) is 76.8 Å². The van der Waals surface area contributed by atoms with Gasteiger partial charge in [0.25, 0.3) is 5.91 Å². The number of amides is 1. The van der Waals surface area contributed by atoms with Gasteiger partial charge in [-0.15, -0.1) is 0 Å². The van der Waals surface area contributed by atoms with Gasteiger partial charge in [0.05, 0.1) is 0 Å². The summed E-state index contributed by atoms with van der Waals surface area (Å²) in [6.45, 7) is 1.61. The Bertz CT molecular complexity index is 1320. The third kappa shape index (κ3) is 4.69. The summed E-state index contributed by atoms with van der Waals surface area (Å²) in [4.78, 5) is 26.7. The fourth-order valence-electron chi connectivity index (χ4n) is 3.78. The second-order valence-electron chi connectivity index (χ2n) is 7.77. The van der Waals surface area contributed by atoms with Gasteiger partial charge in [-0.25, -0.2) is 14.4 Å². The van der Waals surface area contributed by atoms with Crippen molar-refractivity contribution in [2.24, 2.45) is 0 Å². The number of nitrogens with zero attached hydrogens (tertiary/aromatic N) is 3. The largest absolute Gasteiger partial charge is 0.347 e. The number of aromatic nitrogens is 3. The lowest BCUT2D eigenvalue weighted by atomic mass is 10.0. The number of carbonyl (C=O) groups excluding carboxylic acids is 1. The summed E-state index contributed by atoms with van der Waals surface area (Å²) in [5.41, 5.74) is 2.89. The van der Waals surface area contributed by atoms with Crippen molar-refractivity contribution in [1.82, 2.24) is 25.6 Å². The van der Waals surface area contributed by atoms with E-state index in [4.69, 9.17) is 0 Å². The van der Waals surface area contributed by atoms with Gasteiger partial charge in [-0.3, -0.25) is 4.79 Å². The van der Waals surface area contributed by atoms with Crippen LogP contribution in [0.15, 0.2) is 65.3 Å². The van der Waals surface area contributed by atoms with Crippen LogP contribution in [0.5, 0.6) is 0 Å². The Morgan fingerprint density at radius 3 is 2.67 bits per heavy atom. The second-order valence-corrected chi connectivity index (χ2v) is 8.62. The van der Waals surface area contributed by atoms with Gasteiger partial charge in [-0.2, -0.15) is 4.98 Å². The first-order chi connectivity index (χ1) is 16.1. The zero-order valence-corrected chi connectivity index (χ0v) is 19.1. The molecule has 166 valence electrons. The molecule has 33 heavy (non-hydrogen) atoms. The number of fused-ring (bicyclic) bond motifs is 1. The Kier molecular flexibility index (Phi) is 5.97. The lowest BCUT2D eigenvalue weighted by Crippen LogP contribution is -2.37. The van der Waals surface area contributed by atoms with Gasteiger partial charge in [-0.05, 0) is 54.9 Å². The number of halogens is 2. The molecule has 1 aliphatic rings. The first-order valence-electron chi connectivity index (χ1n) is 10.5. The van der Waals surface area contributed by atoms with E-state index in [0.717, 1.165) is 29.5 Å². The minimum atomic E-state index is -0.325. The summed E-state index contributed by atoms with van der Waals surface area (Å²) in [5.74, 6) is -0.265. The highest BCUT2D eigenvalue weighted by Gasteiger charge is 2.23. The fraction of sp³-hybridized carbons (Fsp3) is 0.167. The number of rotatable bonds is 5. The Labute approximate surface area is 198 Å². The van der Waals surface area contributed by atoms with Crippen LogP contribution >= 0.6 is 15.9 Å². The highest BCUT2D eigenvalue weighted by molar-refractivity contribution is 9.10. The van der Waals surface area contributed by atoms with Gasteiger partial charge in [-0.1, -0.05) is 34.1 Å². The molecule has 5 rings (SSSR count). The summed E-state index contributed by atoms with van der Waals surface area (Å²) in [5, 5.41) is 10.1. The van der Waals surface area contributed by atoms with Gasteiger partial charge >= 0.3 is 0 Å². The Hall–Kier alpha value is -3.43. The zero-order valence-electron chi connectivity index (χ0n) is 17.5. The van der Waals surface area contributed by atoms with Crippen molar-refractivity contribution < 1.29 is 9.18 Å². The smallest absolute Gasteiger partial charge is 0.270 e. The van der Waals surface area contributed by atoms with Gasteiger partial charge in [0.1, 0.15) is 11.5 Å². The molecule has 1 fully saturated rings. The highest BCUT2D eigenvalue weighted by atomic mass is 79.9. The van der Waals surface area contributed by atoms with E-state index in [1.807, 2.05) is 30.3 Å². The Morgan fingerprint density at radius 2 is 1.91 bits per heavy atom. The van der Waals surface area contributed by atoms with Crippen molar-refractivity contribution in [3.8, 4) is 11.1 Å². The van der Waals surface area contributed by atoms with Crippen LogP contribution in [0.3, 0.4) is 0 Å². The molecule has 0 unspecified atom stereocenters. The molecule has 2 aromatic carbocycles. The van der Waals surface area contributed by atoms with E-state index in [0.29, 0.717) is 33.9 Å². The molecule has 1 saturated heterocycles. The monoisotopic (exact) mass is 506 g/mol. The van der Waals surface area contributed by atoms with Crippen LogP contribution in [-0.2, 0) is 0 Å². The Morgan fingerprint density at radius 1 is 1.09 bits per heavy atom. The van der Waals surface area contributed by atoms with E-state index in [1.54, 1.807) is 18.3 Å². The summed E-state index contributed by atoms with van der Waals surface area (Å²) in [7, 11) is 0. The lowest BCUT2D eigenvalue weighted by molar-refractivity contribution is 0.0936. The molecule has 1 atom stereocenters. The maximum atomic E-state index is 13.2. The van der Waals surface area contributed by atoms with Crippen LogP contribution in [0.25, 0.3) is 22.2 Å². The van der Waals surface area contributed by atoms with Gasteiger partial charge in [0, 0.05) is 39.9 Å². The molecular weight excluding hydrogens is 487 g/mol. The van der Waals surface area contributed by atoms with Crippen molar-refractivity contribution in [2.45, 2.75) is 12.5 Å². The summed E-state index contributed by atoms with van der Waals surface area (Å²) < 4.78 is 14.1. The average molecular weight is 507 g/mol. The van der Waals surface area contributed by atoms with E-state index < -0.39 is 0 Å². The van der Waals surface area contributed by atoms with Crippen LogP contribution in [0.2, 0.25) is 0 Å². The normalized spacial score (nSPS) is 15.5. The van der Waals surface area contributed by atoms with E-state index >= 15 is 0 Å². The van der Waals surface area contributed by atoms with E-state index in [1.165, 1.54) is 12.1 Å². The molecule has 0 bridgehead atoms. The number of hydrogen-bond acceptors (Lipinski definition) is 6. The van der Waals surface area contributed by atoms with E-state index in [2.05, 4.69) is 46.8 Å². The van der Waals surface area contributed by atoms with E-state index in [-0.39, 0.29) is 17.8 Å². The molecule has 4 aromatic rings. The molecule has 2 aromatic heterocycles. The maximum absolute atomic E-state index is 13.2. The molecule has 0 saturated carbocycles. The van der Waals surface area contributed by atoms with Crippen LogP contribution in [0.1, 0.15) is 16.9 Å². The maximum Gasteiger partial charge on any atom is 0.270 e. The topological polar surface area (TPSA) is 91.8 Å². The molecule has 3 heterocycles. The SMILES string of the molecule is O=C(N[C@@H]1CCNC1)c1nc2nc(Nc3ccc(F)cc3)ncc2cc1-c1ccccc1Br. The number of benzene rings is 2.